The maximum atomic E-state index is 12.7. The van der Waals surface area contributed by atoms with Crippen LogP contribution in [0, 0.1) is 6.92 Å². The lowest BCUT2D eigenvalue weighted by Gasteiger charge is -2.19. The minimum absolute atomic E-state index is 0.0973. The van der Waals surface area contributed by atoms with E-state index in [1.54, 1.807) is 44.4 Å². The summed E-state index contributed by atoms with van der Waals surface area (Å²) < 4.78 is 1.47. The number of aromatic hydroxyl groups is 1. The fourth-order valence-corrected chi connectivity index (χ4v) is 3.17. The summed E-state index contributed by atoms with van der Waals surface area (Å²) in [6.07, 6.45) is -0.193. The molecule has 0 saturated heterocycles. The van der Waals surface area contributed by atoms with Crippen LogP contribution < -0.4 is 10.5 Å². The van der Waals surface area contributed by atoms with Gasteiger partial charge in [0.05, 0.1) is 17.5 Å². The zero-order chi connectivity index (χ0) is 19.0. The molecule has 0 aliphatic heterocycles. The van der Waals surface area contributed by atoms with E-state index in [1.165, 1.54) is 9.47 Å². The number of rotatable bonds is 3. The molecule has 3 aromatic rings. The topological polar surface area (TPSA) is 62.5 Å². The van der Waals surface area contributed by atoms with Crippen LogP contribution in [-0.2, 0) is 18.3 Å². The minimum atomic E-state index is -0.376. The zero-order valence-electron chi connectivity index (χ0n) is 14.8. The van der Waals surface area contributed by atoms with Gasteiger partial charge in [-0.3, -0.25) is 9.59 Å². The monoisotopic (exact) mass is 370 g/mol. The summed E-state index contributed by atoms with van der Waals surface area (Å²) in [5.74, 6) is -0.424. The number of halogens is 1. The van der Waals surface area contributed by atoms with Crippen molar-refractivity contribution in [2.24, 2.45) is 7.05 Å². The number of likely N-dealkylation sites (N-methyl/N-ethyl adjacent to an activating group) is 1. The summed E-state index contributed by atoms with van der Waals surface area (Å²) in [6, 6.07) is 12.3. The van der Waals surface area contributed by atoms with Crippen LogP contribution in [0.1, 0.15) is 11.1 Å². The Morgan fingerprint density at radius 3 is 2.50 bits per heavy atom. The van der Waals surface area contributed by atoms with Crippen molar-refractivity contribution in [3.05, 3.63) is 69.0 Å². The normalized spacial score (nSPS) is 10.9. The molecule has 134 valence electrons. The lowest BCUT2D eigenvalue weighted by atomic mass is 10.0. The highest BCUT2D eigenvalue weighted by atomic mass is 35.5. The van der Waals surface area contributed by atoms with Crippen LogP contribution in [0.4, 0.5) is 5.69 Å². The second-order valence-electron chi connectivity index (χ2n) is 6.27. The van der Waals surface area contributed by atoms with Gasteiger partial charge in [0.1, 0.15) is 5.75 Å². The van der Waals surface area contributed by atoms with E-state index in [4.69, 9.17) is 11.6 Å². The van der Waals surface area contributed by atoms with Crippen molar-refractivity contribution in [2.45, 2.75) is 13.3 Å². The fraction of sp³-hybridized carbons (Fsp3) is 0.200. The van der Waals surface area contributed by atoms with E-state index in [0.29, 0.717) is 21.6 Å². The van der Waals surface area contributed by atoms with Gasteiger partial charge in [-0.25, -0.2) is 0 Å². The van der Waals surface area contributed by atoms with Gasteiger partial charge in [0.25, 0.3) is 5.56 Å². The van der Waals surface area contributed by atoms with Crippen molar-refractivity contribution in [1.82, 2.24) is 4.57 Å². The Kier molecular flexibility index (Phi) is 4.74. The molecule has 0 saturated carbocycles. The maximum absolute atomic E-state index is 12.7. The van der Waals surface area contributed by atoms with Crippen molar-refractivity contribution in [1.29, 1.82) is 0 Å². The average Bonchev–Trinajstić information content (AvgIpc) is 2.63. The number of benzene rings is 2. The van der Waals surface area contributed by atoms with E-state index in [9.17, 15) is 14.7 Å². The summed E-state index contributed by atoms with van der Waals surface area (Å²) >= 11 is 5.87. The number of anilines is 1. The van der Waals surface area contributed by atoms with Gasteiger partial charge >= 0.3 is 0 Å². The van der Waals surface area contributed by atoms with Gasteiger partial charge in [-0.05, 0) is 42.8 Å². The number of hydrogen-bond acceptors (Lipinski definition) is 3. The highest BCUT2D eigenvalue weighted by Gasteiger charge is 2.21. The smallest absolute Gasteiger partial charge is 0.258 e. The van der Waals surface area contributed by atoms with Crippen LogP contribution in [-0.4, -0.2) is 22.6 Å². The first kappa shape index (κ1) is 18.0. The number of carbonyl (C=O) groups is 1. The molecule has 0 radical (unpaired) electrons. The van der Waals surface area contributed by atoms with Crippen molar-refractivity contribution >= 4 is 34.1 Å². The van der Waals surface area contributed by atoms with E-state index in [0.717, 1.165) is 5.56 Å². The summed E-state index contributed by atoms with van der Waals surface area (Å²) in [4.78, 5) is 26.8. The lowest BCUT2D eigenvalue weighted by molar-refractivity contribution is -0.117. The number of pyridine rings is 1. The molecule has 0 bridgehead atoms. The van der Waals surface area contributed by atoms with Crippen LogP contribution >= 0.6 is 11.6 Å². The molecule has 5 nitrogen and oxygen atoms in total. The molecule has 0 aliphatic rings. The molecule has 26 heavy (non-hydrogen) atoms. The van der Waals surface area contributed by atoms with Gasteiger partial charge in [0.2, 0.25) is 5.91 Å². The molecule has 1 heterocycles. The van der Waals surface area contributed by atoms with Crippen molar-refractivity contribution < 1.29 is 9.90 Å². The number of nitrogens with zero attached hydrogens (tertiary/aromatic N) is 2. The highest BCUT2D eigenvalue weighted by molar-refractivity contribution is 6.30. The SMILES string of the molecule is Cc1cccc2c1c(O)c(CC(=O)N(C)c1ccc(Cl)cc1)c(=O)n2C. The predicted molar refractivity (Wildman–Crippen MR) is 104 cm³/mol. The van der Waals surface area contributed by atoms with Crippen molar-refractivity contribution in [2.75, 3.05) is 11.9 Å². The van der Waals surface area contributed by atoms with Crippen LogP contribution in [0.3, 0.4) is 0 Å². The first-order valence-electron chi connectivity index (χ1n) is 8.13. The third-order valence-electron chi connectivity index (χ3n) is 4.61. The lowest BCUT2D eigenvalue weighted by Crippen LogP contribution is -2.31. The van der Waals surface area contributed by atoms with Crippen molar-refractivity contribution in [3.8, 4) is 5.75 Å². The minimum Gasteiger partial charge on any atom is -0.507 e. The molecule has 1 aromatic heterocycles. The summed E-state index contributed by atoms with van der Waals surface area (Å²) in [6.45, 7) is 1.86. The standard InChI is InChI=1S/C20H19ClN2O3/c1-12-5-4-6-16-18(12)19(25)15(20(26)23(16)3)11-17(24)22(2)14-9-7-13(21)8-10-14/h4-10,25H,11H2,1-3H3. The van der Waals surface area contributed by atoms with Gasteiger partial charge in [-0.1, -0.05) is 23.7 Å². The molecule has 0 unspecified atom stereocenters. The van der Waals surface area contributed by atoms with Crippen LogP contribution in [0.25, 0.3) is 10.9 Å². The summed E-state index contributed by atoms with van der Waals surface area (Å²) in [5, 5.41) is 11.8. The zero-order valence-corrected chi connectivity index (χ0v) is 15.5. The molecule has 3 rings (SSSR count). The van der Waals surface area contributed by atoms with E-state index in [1.807, 2.05) is 19.1 Å². The van der Waals surface area contributed by atoms with E-state index in [-0.39, 0.29) is 29.2 Å². The predicted octanol–water partition coefficient (Wildman–Crippen LogP) is 3.41. The van der Waals surface area contributed by atoms with Gasteiger partial charge in [-0.2, -0.15) is 0 Å². The number of amides is 1. The van der Waals surface area contributed by atoms with Gasteiger partial charge in [0, 0.05) is 30.2 Å². The number of aromatic nitrogens is 1. The second kappa shape index (κ2) is 6.84. The molecular weight excluding hydrogens is 352 g/mol. The Bertz CT molecular complexity index is 1060. The van der Waals surface area contributed by atoms with E-state index < -0.39 is 0 Å². The molecule has 0 spiro atoms. The van der Waals surface area contributed by atoms with Crippen LogP contribution in [0.2, 0.25) is 5.02 Å². The van der Waals surface area contributed by atoms with Gasteiger partial charge in [-0.15, -0.1) is 0 Å². The Hall–Kier alpha value is -2.79. The summed E-state index contributed by atoms with van der Waals surface area (Å²) in [5.41, 5.74) is 1.86. The van der Waals surface area contributed by atoms with Crippen molar-refractivity contribution in [3.63, 3.8) is 0 Å². The fourth-order valence-electron chi connectivity index (χ4n) is 3.04. The Morgan fingerprint density at radius 1 is 1.19 bits per heavy atom. The molecule has 2 aromatic carbocycles. The third-order valence-corrected chi connectivity index (χ3v) is 4.87. The van der Waals surface area contributed by atoms with Crippen LogP contribution in [0.5, 0.6) is 5.75 Å². The molecule has 0 fully saturated rings. The summed E-state index contributed by atoms with van der Waals surface area (Å²) in [7, 11) is 3.26. The Balaban J connectivity index is 2.03. The molecule has 0 atom stereocenters. The number of carbonyl (C=O) groups excluding carboxylic acids is 1. The molecular formula is C20H19ClN2O3. The van der Waals surface area contributed by atoms with E-state index in [2.05, 4.69) is 0 Å². The molecule has 6 heteroatoms. The Morgan fingerprint density at radius 2 is 1.85 bits per heavy atom. The third kappa shape index (κ3) is 3.06. The largest absolute Gasteiger partial charge is 0.507 e. The number of aryl methyl sites for hydroxylation is 2. The van der Waals surface area contributed by atoms with Gasteiger partial charge in [0.15, 0.2) is 0 Å². The highest BCUT2D eigenvalue weighted by Crippen LogP contribution is 2.29. The first-order chi connectivity index (χ1) is 12.3. The Labute approximate surface area is 156 Å². The first-order valence-corrected chi connectivity index (χ1v) is 8.51. The van der Waals surface area contributed by atoms with Gasteiger partial charge < -0.3 is 14.6 Å². The van der Waals surface area contributed by atoms with E-state index >= 15 is 0 Å². The number of fused-ring (bicyclic) bond motifs is 1. The quantitative estimate of drug-likeness (QED) is 0.768. The molecule has 1 N–H and O–H groups in total. The second-order valence-corrected chi connectivity index (χ2v) is 6.70. The van der Waals surface area contributed by atoms with Crippen LogP contribution in [0.15, 0.2) is 47.3 Å². The molecule has 1 amide bonds. The maximum Gasteiger partial charge on any atom is 0.258 e. The molecule has 0 aliphatic carbocycles. The number of hydrogen-bond donors (Lipinski definition) is 1. The average molecular weight is 371 g/mol.